The SMILES string of the molecule is O=C(Nc1nnco1)c1ccc(S(=O)(=O)N2CCc3ccccc3C2)cc1. The minimum Gasteiger partial charge on any atom is -0.411 e. The molecule has 1 amide bonds. The van der Waals surface area contributed by atoms with Gasteiger partial charge in [0, 0.05) is 18.7 Å². The van der Waals surface area contributed by atoms with E-state index in [2.05, 4.69) is 15.5 Å². The summed E-state index contributed by atoms with van der Waals surface area (Å²) < 4.78 is 32.2. The van der Waals surface area contributed by atoms with E-state index in [1.807, 2.05) is 24.3 Å². The number of hydrogen-bond donors (Lipinski definition) is 1. The maximum atomic E-state index is 12.9. The second-order valence-electron chi connectivity index (χ2n) is 6.08. The van der Waals surface area contributed by atoms with Crippen LogP contribution in [0.2, 0.25) is 0 Å². The van der Waals surface area contributed by atoms with Crippen molar-refractivity contribution in [2.24, 2.45) is 0 Å². The molecule has 2 heterocycles. The van der Waals surface area contributed by atoms with Crippen LogP contribution in [0.4, 0.5) is 6.01 Å². The van der Waals surface area contributed by atoms with E-state index in [0.29, 0.717) is 19.5 Å². The number of hydrogen-bond acceptors (Lipinski definition) is 6. The summed E-state index contributed by atoms with van der Waals surface area (Å²) in [5.41, 5.74) is 2.48. The number of nitrogens with one attached hydrogen (secondary N) is 1. The van der Waals surface area contributed by atoms with E-state index in [1.54, 1.807) is 0 Å². The summed E-state index contributed by atoms with van der Waals surface area (Å²) in [6.07, 6.45) is 1.78. The highest BCUT2D eigenvalue weighted by atomic mass is 32.2. The lowest BCUT2D eigenvalue weighted by Gasteiger charge is -2.28. The number of carbonyl (C=O) groups is 1. The normalized spacial score (nSPS) is 14.5. The van der Waals surface area contributed by atoms with Crippen LogP contribution in [0, 0.1) is 0 Å². The second kappa shape index (κ2) is 6.93. The molecule has 27 heavy (non-hydrogen) atoms. The number of benzene rings is 2. The van der Waals surface area contributed by atoms with Gasteiger partial charge in [0.25, 0.3) is 5.91 Å². The van der Waals surface area contributed by atoms with Gasteiger partial charge in [-0.1, -0.05) is 29.4 Å². The number of anilines is 1. The van der Waals surface area contributed by atoms with E-state index in [1.165, 1.54) is 34.1 Å². The summed E-state index contributed by atoms with van der Waals surface area (Å²) in [5.74, 6) is -0.463. The Kier molecular flexibility index (Phi) is 4.46. The van der Waals surface area contributed by atoms with Crippen molar-refractivity contribution in [3.63, 3.8) is 0 Å². The van der Waals surface area contributed by atoms with Crippen LogP contribution in [0.3, 0.4) is 0 Å². The first-order valence-electron chi connectivity index (χ1n) is 8.28. The number of fused-ring (bicyclic) bond motifs is 1. The Hall–Kier alpha value is -3.04. The van der Waals surface area contributed by atoms with Crippen molar-refractivity contribution in [3.05, 3.63) is 71.6 Å². The third-order valence-electron chi connectivity index (χ3n) is 4.43. The van der Waals surface area contributed by atoms with Crippen molar-refractivity contribution < 1.29 is 17.6 Å². The quantitative estimate of drug-likeness (QED) is 0.738. The van der Waals surface area contributed by atoms with Gasteiger partial charge in [-0.3, -0.25) is 10.1 Å². The summed E-state index contributed by atoms with van der Waals surface area (Å²) in [6, 6.07) is 13.6. The van der Waals surface area contributed by atoms with E-state index in [0.717, 1.165) is 12.0 Å². The second-order valence-corrected chi connectivity index (χ2v) is 8.02. The van der Waals surface area contributed by atoms with Crippen LogP contribution >= 0.6 is 0 Å². The van der Waals surface area contributed by atoms with Crippen LogP contribution in [-0.2, 0) is 23.0 Å². The van der Waals surface area contributed by atoms with Crippen LogP contribution in [0.15, 0.2) is 64.2 Å². The third kappa shape index (κ3) is 3.46. The number of nitrogens with zero attached hydrogens (tertiary/aromatic N) is 3. The fourth-order valence-corrected chi connectivity index (χ4v) is 4.42. The highest BCUT2D eigenvalue weighted by Crippen LogP contribution is 2.25. The lowest BCUT2D eigenvalue weighted by Crippen LogP contribution is -2.35. The molecule has 0 aliphatic carbocycles. The van der Waals surface area contributed by atoms with Gasteiger partial charge in [0.15, 0.2) is 0 Å². The van der Waals surface area contributed by atoms with Gasteiger partial charge in [0.05, 0.1) is 4.90 Å². The summed E-state index contributed by atoms with van der Waals surface area (Å²) in [6.45, 7) is 0.774. The highest BCUT2D eigenvalue weighted by molar-refractivity contribution is 7.89. The Morgan fingerprint density at radius 2 is 1.81 bits per heavy atom. The van der Waals surface area contributed by atoms with Crippen LogP contribution in [0.5, 0.6) is 0 Å². The molecule has 9 heteroatoms. The fraction of sp³-hybridized carbons (Fsp3) is 0.167. The summed E-state index contributed by atoms with van der Waals surface area (Å²) in [5, 5.41) is 9.47. The number of rotatable bonds is 4. The standard InChI is InChI=1S/C18H16N4O4S/c23-17(20-18-21-19-12-26-18)14-5-7-16(8-6-14)27(24,25)22-10-9-13-3-1-2-4-15(13)11-22/h1-8,12H,9-11H2,(H,20,21,23). The minimum atomic E-state index is -3.64. The molecule has 0 bridgehead atoms. The van der Waals surface area contributed by atoms with Crippen LogP contribution in [-0.4, -0.2) is 35.4 Å². The van der Waals surface area contributed by atoms with Gasteiger partial charge < -0.3 is 4.42 Å². The molecule has 4 rings (SSSR count). The monoisotopic (exact) mass is 384 g/mol. The topological polar surface area (TPSA) is 105 Å². The van der Waals surface area contributed by atoms with Crippen molar-refractivity contribution in [1.29, 1.82) is 0 Å². The van der Waals surface area contributed by atoms with Crippen molar-refractivity contribution in [1.82, 2.24) is 14.5 Å². The molecule has 0 spiro atoms. The van der Waals surface area contributed by atoms with Crippen molar-refractivity contribution in [2.45, 2.75) is 17.9 Å². The molecule has 3 aromatic rings. The molecule has 1 aliphatic rings. The zero-order chi connectivity index (χ0) is 18.9. The van der Waals surface area contributed by atoms with E-state index in [9.17, 15) is 13.2 Å². The van der Waals surface area contributed by atoms with E-state index < -0.39 is 15.9 Å². The number of sulfonamides is 1. The molecule has 138 valence electrons. The molecule has 2 aromatic carbocycles. The molecular weight excluding hydrogens is 368 g/mol. The predicted octanol–water partition coefficient (Wildman–Crippen LogP) is 2.07. The minimum absolute atomic E-state index is 0.0244. The molecule has 1 aromatic heterocycles. The molecule has 0 atom stereocenters. The number of aromatic nitrogens is 2. The first-order valence-corrected chi connectivity index (χ1v) is 9.72. The molecule has 8 nitrogen and oxygen atoms in total. The number of amides is 1. The Bertz CT molecular complexity index is 1060. The predicted molar refractivity (Wildman–Crippen MR) is 96.4 cm³/mol. The Balaban J connectivity index is 1.52. The van der Waals surface area contributed by atoms with Gasteiger partial charge in [0.1, 0.15) is 0 Å². The van der Waals surface area contributed by atoms with Crippen LogP contribution in [0.1, 0.15) is 21.5 Å². The molecule has 0 radical (unpaired) electrons. The lowest BCUT2D eigenvalue weighted by atomic mass is 10.0. The first kappa shape index (κ1) is 17.4. The van der Waals surface area contributed by atoms with Gasteiger partial charge >= 0.3 is 6.01 Å². The maximum Gasteiger partial charge on any atom is 0.322 e. The van der Waals surface area contributed by atoms with Gasteiger partial charge in [0.2, 0.25) is 16.4 Å². The Morgan fingerprint density at radius 3 is 2.52 bits per heavy atom. The third-order valence-corrected chi connectivity index (χ3v) is 6.29. The van der Waals surface area contributed by atoms with E-state index in [-0.39, 0.29) is 16.5 Å². The zero-order valence-corrected chi connectivity index (χ0v) is 15.0. The summed E-state index contributed by atoms with van der Waals surface area (Å²) in [7, 11) is -3.64. The molecule has 0 unspecified atom stereocenters. The fourth-order valence-electron chi connectivity index (χ4n) is 3.00. The first-order chi connectivity index (χ1) is 13.0. The smallest absolute Gasteiger partial charge is 0.322 e. The average Bonchev–Trinajstić information content (AvgIpc) is 3.20. The van der Waals surface area contributed by atoms with Gasteiger partial charge in [-0.15, -0.1) is 5.10 Å². The van der Waals surface area contributed by atoms with Crippen LogP contribution in [0.25, 0.3) is 0 Å². The molecule has 0 saturated carbocycles. The Morgan fingerprint density at radius 1 is 1.07 bits per heavy atom. The maximum absolute atomic E-state index is 12.9. The van der Waals surface area contributed by atoms with Gasteiger partial charge in [-0.05, 0) is 41.8 Å². The van der Waals surface area contributed by atoms with Gasteiger partial charge in [-0.25, -0.2) is 8.42 Å². The molecule has 1 aliphatic heterocycles. The Labute approximate surface area is 155 Å². The molecular formula is C18H16N4O4S. The zero-order valence-electron chi connectivity index (χ0n) is 14.2. The van der Waals surface area contributed by atoms with Crippen molar-refractivity contribution in [3.8, 4) is 0 Å². The van der Waals surface area contributed by atoms with Crippen molar-refractivity contribution in [2.75, 3.05) is 11.9 Å². The molecule has 0 fully saturated rings. The lowest BCUT2D eigenvalue weighted by molar-refractivity contribution is 0.102. The summed E-state index contributed by atoms with van der Waals surface area (Å²) in [4.78, 5) is 12.3. The van der Waals surface area contributed by atoms with Crippen LogP contribution < -0.4 is 5.32 Å². The van der Waals surface area contributed by atoms with Gasteiger partial charge in [-0.2, -0.15) is 4.31 Å². The van der Waals surface area contributed by atoms with E-state index in [4.69, 9.17) is 4.42 Å². The number of carbonyl (C=O) groups excluding carboxylic acids is 1. The largest absolute Gasteiger partial charge is 0.411 e. The van der Waals surface area contributed by atoms with Crippen molar-refractivity contribution >= 4 is 21.9 Å². The summed E-state index contributed by atoms with van der Waals surface area (Å²) >= 11 is 0. The van der Waals surface area contributed by atoms with E-state index >= 15 is 0 Å². The highest BCUT2D eigenvalue weighted by Gasteiger charge is 2.28. The average molecular weight is 384 g/mol. The molecule has 0 saturated heterocycles. The molecule has 1 N–H and O–H groups in total.